The fraction of sp³-hybridized carbons (Fsp3) is 0.250. The Morgan fingerprint density at radius 2 is 1.71 bits per heavy atom. The molecular weight excluding hydrogens is 395 g/mol. The van der Waals surface area contributed by atoms with Crippen molar-refractivity contribution in [2.75, 3.05) is 31.2 Å². The highest BCUT2D eigenvalue weighted by molar-refractivity contribution is 5.95. The van der Waals surface area contributed by atoms with Crippen LogP contribution in [0.5, 0.6) is 0 Å². The predicted molar refractivity (Wildman–Crippen MR) is 120 cm³/mol. The molecule has 0 bridgehead atoms. The van der Waals surface area contributed by atoms with Gasteiger partial charge >= 0.3 is 0 Å². The maximum atomic E-state index is 14.5. The first kappa shape index (κ1) is 20.8. The number of carbonyl (C=O) groups excluding carboxylic acids is 1. The molecule has 1 fully saturated rings. The van der Waals surface area contributed by atoms with E-state index in [1.165, 1.54) is 12.3 Å². The molecule has 6 nitrogen and oxygen atoms in total. The van der Waals surface area contributed by atoms with Crippen molar-refractivity contribution in [1.82, 2.24) is 9.99 Å². The second-order valence-electron chi connectivity index (χ2n) is 7.51. The monoisotopic (exact) mass is 420 g/mol. The number of hydrazone groups is 1. The molecule has 160 valence electrons. The summed E-state index contributed by atoms with van der Waals surface area (Å²) in [5.41, 5.74) is 7.38. The van der Waals surface area contributed by atoms with Crippen molar-refractivity contribution in [2.24, 2.45) is 5.10 Å². The van der Waals surface area contributed by atoms with E-state index >= 15 is 0 Å². The summed E-state index contributed by atoms with van der Waals surface area (Å²) in [6.45, 7) is 6.61. The van der Waals surface area contributed by atoms with Gasteiger partial charge in [0, 0.05) is 35.7 Å². The van der Waals surface area contributed by atoms with E-state index in [2.05, 4.69) is 27.2 Å². The van der Waals surface area contributed by atoms with Gasteiger partial charge in [0.05, 0.1) is 25.1 Å². The van der Waals surface area contributed by atoms with Crippen LogP contribution in [0.4, 0.5) is 10.1 Å². The maximum Gasteiger partial charge on any atom is 0.271 e. The number of amides is 1. The molecule has 2 aromatic carbocycles. The van der Waals surface area contributed by atoms with Crippen LogP contribution in [0.2, 0.25) is 0 Å². The SMILES string of the molecule is Cc1ccc(C)n1-c1ccc(C(=O)N/N=C\c2ccc(N3CCOCC3)c(F)c2)cc1. The zero-order chi connectivity index (χ0) is 21.8. The summed E-state index contributed by atoms with van der Waals surface area (Å²) >= 11 is 0. The van der Waals surface area contributed by atoms with Gasteiger partial charge in [-0.2, -0.15) is 5.10 Å². The van der Waals surface area contributed by atoms with Crippen molar-refractivity contribution >= 4 is 17.8 Å². The molecular formula is C24H25FN4O2. The van der Waals surface area contributed by atoms with Gasteiger partial charge in [-0.3, -0.25) is 4.79 Å². The summed E-state index contributed by atoms with van der Waals surface area (Å²) in [5.74, 6) is -0.641. The van der Waals surface area contributed by atoms with Crippen LogP contribution in [-0.2, 0) is 4.74 Å². The zero-order valence-electron chi connectivity index (χ0n) is 17.6. The van der Waals surface area contributed by atoms with E-state index in [-0.39, 0.29) is 11.7 Å². The summed E-state index contributed by atoms with van der Waals surface area (Å²) < 4.78 is 21.9. The number of nitrogens with one attached hydrogen (secondary N) is 1. The van der Waals surface area contributed by atoms with Crippen molar-refractivity contribution < 1.29 is 13.9 Å². The molecule has 7 heteroatoms. The van der Waals surface area contributed by atoms with Gasteiger partial charge in [0.25, 0.3) is 5.91 Å². The molecule has 4 rings (SSSR count). The van der Waals surface area contributed by atoms with E-state index in [1.54, 1.807) is 24.3 Å². The molecule has 1 aromatic heterocycles. The lowest BCUT2D eigenvalue weighted by atomic mass is 10.2. The van der Waals surface area contributed by atoms with Gasteiger partial charge < -0.3 is 14.2 Å². The Morgan fingerprint density at radius 3 is 2.35 bits per heavy atom. The smallest absolute Gasteiger partial charge is 0.271 e. The third-order valence-corrected chi connectivity index (χ3v) is 5.36. The summed E-state index contributed by atoms with van der Waals surface area (Å²) in [5, 5.41) is 3.97. The van der Waals surface area contributed by atoms with Crippen LogP contribution >= 0.6 is 0 Å². The number of hydrogen-bond donors (Lipinski definition) is 1. The van der Waals surface area contributed by atoms with Crippen molar-refractivity contribution in [3.05, 3.63) is 82.9 Å². The van der Waals surface area contributed by atoms with Crippen molar-refractivity contribution in [1.29, 1.82) is 0 Å². The molecule has 0 aliphatic carbocycles. The predicted octanol–water partition coefficient (Wildman–Crippen LogP) is 3.83. The van der Waals surface area contributed by atoms with Gasteiger partial charge in [-0.25, -0.2) is 9.82 Å². The lowest BCUT2D eigenvalue weighted by molar-refractivity contribution is 0.0955. The number of rotatable bonds is 5. The molecule has 3 aromatic rings. The standard InChI is InChI=1S/C24H25FN4O2/c1-17-3-4-18(2)29(17)21-8-6-20(7-9-21)24(30)27-26-16-19-5-10-23(22(25)15-19)28-11-13-31-14-12-28/h3-10,15-16H,11-14H2,1-2H3,(H,27,30)/b26-16-. The minimum absolute atomic E-state index is 0.316. The zero-order valence-corrected chi connectivity index (χ0v) is 17.6. The molecule has 1 saturated heterocycles. The van der Waals surface area contributed by atoms with Crippen LogP contribution in [-0.4, -0.2) is 43.0 Å². The molecule has 2 heterocycles. The molecule has 1 aliphatic rings. The number of morpholine rings is 1. The summed E-state index contributed by atoms with van der Waals surface area (Å²) in [7, 11) is 0. The normalized spacial score (nSPS) is 14.2. The average molecular weight is 420 g/mol. The summed E-state index contributed by atoms with van der Waals surface area (Å²) in [6.07, 6.45) is 1.44. The third-order valence-electron chi connectivity index (χ3n) is 5.36. The number of hydrogen-bond acceptors (Lipinski definition) is 4. The van der Waals surface area contributed by atoms with Crippen LogP contribution in [0.3, 0.4) is 0 Å². The first-order valence-electron chi connectivity index (χ1n) is 10.2. The first-order chi connectivity index (χ1) is 15.0. The average Bonchev–Trinajstić information content (AvgIpc) is 3.12. The van der Waals surface area contributed by atoms with E-state index in [1.807, 2.05) is 30.9 Å². The van der Waals surface area contributed by atoms with Crippen LogP contribution in [0.25, 0.3) is 5.69 Å². The fourth-order valence-electron chi connectivity index (χ4n) is 3.73. The first-order valence-corrected chi connectivity index (χ1v) is 10.2. The molecule has 1 aliphatic heterocycles. The van der Waals surface area contributed by atoms with E-state index in [0.717, 1.165) is 17.1 Å². The molecule has 31 heavy (non-hydrogen) atoms. The van der Waals surface area contributed by atoms with Crippen LogP contribution < -0.4 is 10.3 Å². The van der Waals surface area contributed by atoms with Gasteiger partial charge in [0.15, 0.2) is 0 Å². The maximum absolute atomic E-state index is 14.5. The fourth-order valence-corrected chi connectivity index (χ4v) is 3.73. The van der Waals surface area contributed by atoms with Gasteiger partial charge in [-0.05, 0) is 67.9 Å². The van der Waals surface area contributed by atoms with Crippen molar-refractivity contribution in [3.63, 3.8) is 0 Å². The number of aromatic nitrogens is 1. The van der Waals surface area contributed by atoms with Crippen LogP contribution in [0.15, 0.2) is 59.7 Å². The number of nitrogens with zero attached hydrogens (tertiary/aromatic N) is 3. The van der Waals surface area contributed by atoms with Gasteiger partial charge in [-0.15, -0.1) is 0 Å². The Balaban J connectivity index is 1.38. The second-order valence-corrected chi connectivity index (χ2v) is 7.51. The van der Waals surface area contributed by atoms with E-state index in [0.29, 0.717) is 43.1 Å². The molecule has 0 radical (unpaired) electrons. The number of benzene rings is 2. The van der Waals surface area contributed by atoms with Crippen LogP contribution in [0.1, 0.15) is 27.3 Å². The van der Waals surface area contributed by atoms with E-state index in [4.69, 9.17) is 4.74 Å². The molecule has 0 spiro atoms. The van der Waals surface area contributed by atoms with E-state index < -0.39 is 0 Å². The Bertz CT molecular complexity index is 1080. The largest absolute Gasteiger partial charge is 0.378 e. The van der Waals surface area contributed by atoms with Crippen molar-refractivity contribution in [2.45, 2.75) is 13.8 Å². The molecule has 1 N–H and O–H groups in total. The number of carbonyl (C=O) groups is 1. The number of aryl methyl sites for hydroxylation is 2. The highest BCUT2D eigenvalue weighted by atomic mass is 19.1. The van der Waals surface area contributed by atoms with E-state index in [9.17, 15) is 9.18 Å². The topological polar surface area (TPSA) is 58.9 Å². The Kier molecular flexibility index (Phi) is 6.13. The lowest BCUT2D eigenvalue weighted by Crippen LogP contribution is -2.36. The molecule has 0 saturated carbocycles. The molecule has 1 amide bonds. The Labute approximate surface area is 180 Å². The van der Waals surface area contributed by atoms with Gasteiger partial charge in [0.1, 0.15) is 5.82 Å². The molecule has 0 atom stereocenters. The lowest BCUT2D eigenvalue weighted by Gasteiger charge is -2.29. The third kappa shape index (κ3) is 4.67. The minimum atomic E-state index is -0.325. The highest BCUT2D eigenvalue weighted by Crippen LogP contribution is 2.21. The van der Waals surface area contributed by atoms with Crippen molar-refractivity contribution in [3.8, 4) is 5.69 Å². The highest BCUT2D eigenvalue weighted by Gasteiger charge is 2.15. The quantitative estimate of drug-likeness (QED) is 0.504. The van der Waals surface area contributed by atoms with Gasteiger partial charge in [-0.1, -0.05) is 6.07 Å². The Hall–Kier alpha value is -3.45. The number of halogens is 1. The Morgan fingerprint density at radius 1 is 1.03 bits per heavy atom. The summed E-state index contributed by atoms with van der Waals surface area (Å²) in [4.78, 5) is 14.3. The van der Waals surface area contributed by atoms with Gasteiger partial charge in [0.2, 0.25) is 0 Å². The minimum Gasteiger partial charge on any atom is -0.378 e. The summed E-state index contributed by atoms with van der Waals surface area (Å²) in [6, 6.07) is 16.4. The van der Waals surface area contributed by atoms with Crippen LogP contribution in [0, 0.1) is 19.7 Å². The number of anilines is 1. The molecule has 0 unspecified atom stereocenters. The second kappa shape index (κ2) is 9.14. The number of ether oxygens (including phenoxy) is 1.